The van der Waals surface area contributed by atoms with Crippen LogP contribution in [0, 0.1) is 12.3 Å². The molecule has 3 heteroatoms. The molecular weight excluding hydrogens is 200 g/mol. The zero-order valence-electron chi connectivity index (χ0n) is 11.1. The summed E-state index contributed by atoms with van der Waals surface area (Å²) in [5, 5.41) is 3.45. The van der Waals surface area contributed by atoms with Gasteiger partial charge in [-0.15, -0.1) is 6.42 Å². The van der Waals surface area contributed by atoms with E-state index in [-0.39, 0.29) is 22.8 Å². The van der Waals surface area contributed by atoms with Crippen LogP contribution in [-0.2, 0) is 4.74 Å². The van der Waals surface area contributed by atoms with E-state index in [1.54, 1.807) is 0 Å². The van der Waals surface area contributed by atoms with Crippen molar-refractivity contribution in [1.29, 1.82) is 0 Å². The summed E-state index contributed by atoms with van der Waals surface area (Å²) in [6, 6.07) is 0.000301. The van der Waals surface area contributed by atoms with E-state index in [4.69, 9.17) is 16.9 Å². The Balaban J connectivity index is 3.00. The molecule has 1 fully saturated rings. The molecule has 1 heterocycles. The monoisotopic (exact) mass is 224 g/mol. The molecule has 0 spiro atoms. The Hall–Kier alpha value is -0.560. The molecule has 2 unspecified atom stereocenters. The van der Waals surface area contributed by atoms with Gasteiger partial charge in [0.25, 0.3) is 0 Å². The van der Waals surface area contributed by atoms with Gasteiger partial charge >= 0.3 is 0 Å². The lowest BCUT2D eigenvalue weighted by Gasteiger charge is -2.41. The van der Waals surface area contributed by atoms with Crippen LogP contribution in [-0.4, -0.2) is 29.3 Å². The van der Waals surface area contributed by atoms with Gasteiger partial charge in [0.05, 0.1) is 22.8 Å². The van der Waals surface area contributed by atoms with Crippen molar-refractivity contribution in [1.82, 2.24) is 5.32 Å². The lowest BCUT2D eigenvalue weighted by Crippen LogP contribution is -2.63. The molecule has 0 radical (unpaired) electrons. The van der Waals surface area contributed by atoms with Crippen LogP contribution in [0.25, 0.3) is 0 Å². The van der Waals surface area contributed by atoms with Crippen LogP contribution >= 0.6 is 0 Å². The molecule has 1 aliphatic rings. The molecule has 0 bridgehead atoms. The smallest absolute Gasteiger partial charge is 0.0828 e. The molecule has 1 aliphatic heterocycles. The molecule has 0 aromatic rings. The maximum Gasteiger partial charge on any atom is 0.0828 e. The lowest BCUT2D eigenvalue weighted by molar-refractivity contribution is -0.0825. The van der Waals surface area contributed by atoms with Gasteiger partial charge in [-0.2, -0.15) is 0 Å². The minimum Gasteiger partial charge on any atom is -0.368 e. The van der Waals surface area contributed by atoms with E-state index in [2.05, 4.69) is 38.9 Å². The molecule has 1 rings (SSSR count). The Morgan fingerprint density at radius 1 is 1.44 bits per heavy atom. The Bertz CT molecular complexity index is 304. The highest BCUT2D eigenvalue weighted by Gasteiger charge is 2.56. The fraction of sp³-hybridized carbons (Fsp3) is 0.846. The number of hydrogen-bond acceptors (Lipinski definition) is 3. The number of hydrogen-bond donors (Lipinski definition) is 2. The van der Waals surface area contributed by atoms with E-state index < -0.39 is 0 Å². The third kappa shape index (κ3) is 2.24. The van der Waals surface area contributed by atoms with E-state index in [0.717, 1.165) is 6.42 Å². The van der Waals surface area contributed by atoms with Crippen molar-refractivity contribution in [3.05, 3.63) is 0 Å². The molecule has 0 saturated carbocycles. The predicted octanol–water partition coefficient (Wildman–Crippen LogP) is 1.27. The van der Waals surface area contributed by atoms with Crippen molar-refractivity contribution in [2.75, 3.05) is 6.54 Å². The summed E-state index contributed by atoms with van der Waals surface area (Å²) >= 11 is 0. The summed E-state index contributed by atoms with van der Waals surface area (Å²) in [7, 11) is 0. The van der Waals surface area contributed by atoms with Crippen LogP contribution in [0.3, 0.4) is 0 Å². The number of nitrogens with one attached hydrogen (secondary N) is 1. The van der Waals surface area contributed by atoms with Crippen molar-refractivity contribution in [3.63, 3.8) is 0 Å². The van der Waals surface area contributed by atoms with Gasteiger partial charge in [0, 0.05) is 6.54 Å². The highest BCUT2D eigenvalue weighted by Crippen LogP contribution is 2.44. The number of ether oxygens (including phenoxy) is 1. The SMILES string of the molecule is C#CC(C)NC1(CN)CC(C)(C)OC1(C)C. The van der Waals surface area contributed by atoms with Gasteiger partial charge in [-0.05, 0) is 41.0 Å². The minimum absolute atomic E-state index is 0.000301. The summed E-state index contributed by atoms with van der Waals surface area (Å²) in [4.78, 5) is 0. The third-order valence-corrected chi connectivity index (χ3v) is 3.50. The Kier molecular flexibility index (Phi) is 3.40. The first-order valence-corrected chi connectivity index (χ1v) is 5.82. The molecule has 2 atom stereocenters. The maximum atomic E-state index is 6.08. The summed E-state index contributed by atoms with van der Waals surface area (Å²) in [5.41, 5.74) is 5.24. The zero-order chi connectivity index (χ0) is 12.6. The van der Waals surface area contributed by atoms with Crippen LogP contribution in [0.5, 0.6) is 0 Å². The average molecular weight is 224 g/mol. The first-order chi connectivity index (χ1) is 7.18. The molecule has 3 N–H and O–H groups in total. The molecule has 16 heavy (non-hydrogen) atoms. The van der Waals surface area contributed by atoms with Crippen molar-refractivity contribution in [2.24, 2.45) is 5.73 Å². The normalized spacial score (nSPS) is 33.3. The topological polar surface area (TPSA) is 47.3 Å². The minimum atomic E-state index is -0.309. The Morgan fingerprint density at radius 2 is 2.00 bits per heavy atom. The second-order valence-corrected chi connectivity index (χ2v) is 5.87. The summed E-state index contributed by atoms with van der Waals surface area (Å²) in [5.74, 6) is 2.69. The van der Waals surface area contributed by atoms with E-state index in [1.807, 2.05) is 6.92 Å². The molecule has 0 aromatic heterocycles. The Morgan fingerprint density at radius 3 is 2.31 bits per heavy atom. The van der Waals surface area contributed by atoms with Crippen LogP contribution in [0.4, 0.5) is 0 Å². The average Bonchev–Trinajstić information content (AvgIpc) is 2.31. The fourth-order valence-electron chi connectivity index (χ4n) is 2.82. The molecular formula is C13H24N2O. The van der Waals surface area contributed by atoms with Gasteiger partial charge in [0.2, 0.25) is 0 Å². The van der Waals surface area contributed by atoms with Gasteiger partial charge in [-0.3, -0.25) is 5.32 Å². The van der Waals surface area contributed by atoms with Crippen LogP contribution in [0.1, 0.15) is 41.0 Å². The van der Waals surface area contributed by atoms with Crippen LogP contribution in [0.15, 0.2) is 0 Å². The summed E-state index contributed by atoms with van der Waals surface area (Å²) in [6.45, 7) is 10.8. The Labute approximate surface area is 99.1 Å². The molecule has 0 aliphatic carbocycles. The van der Waals surface area contributed by atoms with Crippen molar-refractivity contribution >= 4 is 0 Å². The predicted molar refractivity (Wildman–Crippen MR) is 67.1 cm³/mol. The number of terminal acetylenes is 1. The van der Waals surface area contributed by atoms with E-state index in [9.17, 15) is 0 Å². The third-order valence-electron chi connectivity index (χ3n) is 3.50. The van der Waals surface area contributed by atoms with Crippen LogP contribution < -0.4 is 11.1 Å². The summed E-state index contributed by atoms with van der Waals surface area (Å²) in [6.07, 6.45) is 6.30. The largest absolute Gasteiger partial charge is 0.368 e. The zero-order valence-corrected chi connectivity index (χ0v) is 11.1. The maximum absolute atomic E-state index is 6.08. The molecule has 0 amide bonds. The highest BCUT2D eigenvalue weighted by molar-refractivity contribution is 5.15. The fourth-order valence-corrected chi connectivity index (χ4v) is 2.82. The van der Waals surface area contributed by atoms with Crippen molar-refractivity contribution in [3.8, 4) is 12.3 Å². The number of rotatable bonds is 3. The van der Waals surface area contributed by atoms with Crippen molar-refractivity contribution in [2.45, 2.75) is 63.8 Å². The van der Waals surface area contributed by atoms with Gasteiger partial charge in [0.15, 0.2) is 0 Å². The molecule has 92 valence electrons. The standard InChI is InChI=1S/C13H24N2O/c1-7-10(2)15-13(9-14)8-11(3,4)16-12(13,5)6/h1,10,15H,8-9,14H2,2-6H3. The first-order valence-electron chi connectivity index (χ1n) is 5.82. The molecule has 3 nitrogen and oxygen atoms in total. The molecule has 0 aromatic carbocycles. The van der Waals surface area contributed by atoms with Crippen molar-refractivity contribution < 1.29 is 4.74 Å². The number of nitrogens with two attached hydrogens (primary N) is 1. The second-order valence-electron chi connectivity index (χ2n) is 5.87. The van der Waals surface area contributed by atoms with Crippen LogP contribution in [0.2, 0.25) is 0 Å². The summed E-state index contributed by atoms with van der Waals surface area (Å²) < 4.78 is 6.08. The van der Waals surface area contributed by atoms with Gasteiger partial charge < -0.3 is 10.5 Å². The lowest BCUT2D eigenvalue weighted by atomic mass is 9.78. The first kappa shape index (κ1) is 13.5. The van der Waals surface area contributed by atoms with Gasteiger partial charge in [0.1, 0.15) is 0 Å². The second kappa shape index (κ2) is 4.03. The van der Waals surface area contributed by atoms with E-state index >= 15 is 0 Å². The quantitative estimate of drug-likeness (QED) is 0.710. The highest BCUT2D eigenvalue weighted by atomic mass is 16.5. The van der Waals surface area contributed by atoms with E-state index in [1.165, 1.54) is 0 Å². The molecule has 1 saturated heterocycles. The van der Waals surface area contributed by atoms with Gasteiger partial charge in [-0.1, -0.05) is 5.92 Å². The van der Waals surface area contributed by atoms with Gasteiger partial charge in [-0.25, -0.2) is 0 Å². The van der Waals surface area contributed by atoms with E-state index in [0.29, 0.717) is 6.54 Å².